The Morgan fingerprint density at radius 3 is 2.36 bits per heavy atom. The summed E-state index contributed by atoms with van der Waals surface area (Å²) in [5, 5.41) is 0. The van der Waals surface area contributed by atoms with Crippen molar-refractivity contribution in [2.75, 3.05) is 7.11 Å². The summed E-state index contributed by atoms with van der Waals surface area (Å²) in [6.07, 6.45) is 2.61. The third-order valence-corrected chi connectivity index (χ3v) is 5.28. The van der Waals surface area contributed by atoms with Gasteiger partial charge in [0.25, 0.3) is 0 Å². The lowest BCUT2D eigenvalue weighted by Crippen LogP contribution is -2.52. The van der Waals surface area contributed by atoms with E-state index in [0.717, 1.165) is 19.4 Å². The molecule has 0 amide bonds. The highest BCUT2D eigenvalue weighted by molar-refractivity contribution is 5.81. The number of piperidine rings is 1. The van der Waals surface area contributed by atoms with Crippen molar-refractivity contribution >= 4 is 11.8 Å². The molecule has 3 rings (SSSR count). The largest absolute Gasteiger partial charge is 0.469 e. The number of Topliss-reactive ketones (excluding diaryl/α,β-unsaturated/α-hetero) is 1. The van der Waals surface area contributed by atoms with E-state index in [1.165, 1.54) is 12.7 Å². The molecule has 2 aliphatic rings. The first-order chi connectivity index (χ1) is 10.6. The molecule has 2 fully saturated rings. The van der Waals surface area contributed by atoms with Gasteiger partial charge in [0.1, 0.15) is 5.78 Å². The summed E-state index contributed by atoms with van der Waals surface area (Å²) in [5.74, 6) is -0.208. The Labute approximate surface area is 131 Å². The van der Waals surface area contributed by atoms with E-state index >= 15 is 0 Å². The zero-order chi connectivity index (χ0) is 15.7. The van der Waals surface area contributed by atoms with E-state index in [1.54, 1.807) is 6.92 Å². The average molecular weight is 301 g/mol. The first-order valence-electron chi connectivity index (χ1n) is 7.99. The summed E-state index contributed by atoms with van der Waals surface area (Å²) in [5.41, 5.74) is 1.23. The lowest BCUT2D eigenvalue weighted by molar-refractivity contribution is -0.152. The van der Waals surface area contributed by atoms with Crippen molar-refractivity contribution in [1.29, 1.82) is 0 Å². The van der Waals surface area contributed by atoms with E-state index in [1.807, 2.05) is 18.2 Å². The van der Waals surface area contributed by atoms with Crippen LogP contribution in [0, 0.1) is 11.8 Å². The van der Waals surface area contributed by atoms with Gasteiger partial charge < -0.3 is 4.74 Å². The highest BCUT2D eigenvalue weighted by Crippen LogP contribution is 2.44. The highest BCUT2D eigenvalue weighted by Gasteiger charge is 2.51. The summed E-state index contributed by atoms with van der Waals surface area (Å²) in [6.45, 7) is 2.45. The fourth-order valence-electron chi connectivity index (χ4n) is 4.24. The van der Waals surface area contributed by atoms with Crippen LogP contribution < -0.4 is 0 Å². The van der Waals surface area contributed by atoms with Gasteiger partial charge in [0.15, 0.2) is 0 Å². The van der Waals surface area contributed by atoms with Crippen LogP contribution in [-0.4, -0.2) is 35.8 Å². The van der Waals surface area contributed by atoms with E-state index in [2.05, 4.69) is 17.0 Å². The lowest BCUT2D eigenvalue weighted by atomic mass is 9.80. The number of fused-ring (bicyclic) bond motifs is 2. The van der Waals surface area contributed by atoms with Crippen LogP contribution in [0.2, 0.25) is 0 Å². The summed E-state index contributed by atoms with van der Waals surface area (Å²) >= 11 is 0. The van der Waals surface area contributed by atoms with Crippen molar-refractivity contribution in [3.63, 3.8) is 0 Å². The van der Waals surface area contributed by atoms with Crippen molar-refractivity contribution in [3.05, 3.63) is 35.9 Å². The highest BCUT2D eigenvalue weighted by atomic mass is 16.5. The van der Waals surface area contributed by atoms with Gasteiger partial charge in [-0.3, -0.25) is 14.5 Å². The smallest absolute Gasteiger partial charge is 0.310 e. The van der Waals surface area contributed by atoms with Gasteiger partial charge in [0, 0.05) is 24.5 Å². The molecule has 2 saturated heterocycles. The molecule has 0 unspecified atom stereocenters. The van der Waals surface area contributed by atoms with Crippen LogP contribution in [0.15, 0.2) is 30.3 Å². The number of rotatable bonds is 4. The Hall–Kier alpha value is -1.68. The topological polar surface area (TPSA) is 46.6 Å². The van der Waals surface area contributed by atoms with Gasteiger partial charge in [-0.2, -0.15) is 0 Å². The number of nitrogens with zero attached hydrogens (tertiary/aromatic N) is 1. The molecule has 2 aliphatic heterocycles. The number of ether oxygens (including phenoxy) is 1. The number of carbonyl (C=O) groups is 2. The third kappa shape index (κ3) is 2.68. The summed E-state index contributed by atoms with van der Waals surface area (Å²) < 4.78 is 4.99. The van der Waals surface area contributed by atoms with Crippen LogP contribution in [-0.2, 0) is 20.9 Å². The number of hydrogen-bond acceptors (Lipinski definition) is 4. The normalized spacial score (nSPS) is 31.0. The van der Waals surface area contributed by atoms with Gasteiger partial charge >= 0.3 is 5.97 Å². The van der Waals surface area contributed by atoms with Crippen molar-refractivity contribution in [2.45, 2.75) is 44.8 Å². The minimum atomic E-state index is -0.179. The fraction of sp³-hybridized carbons (Fsp3) is 0.556. The molecule has 0 spiro atoms. The SMILES string of the molecule is COC(=O)[C@H]1C[C@H](C(C)=O)[C@@H]2CC[C@H]1N2Cc1ccccc1. The Kier molecular flexibility index (Phi) is 4.30. The van der Waals surface area contributed by atoms with E-state index in [-0.39, 0.29) is 35.7 Å². The van der Waals surface area contributed by atoms with Gasteiger partial charge in [-0.25, -0.2) is 0 Å². The maximum Gasteiger partial charge on any atom is 0.310 e. The zero-order valence-corrected chi connectivity index (χ0v) is 13.2. The van der Waals surface area contributed by atoms with E-state index < -0.39 is 0 Å². The molecule has 2 heterocycles. The summed E-state index contributed by atoms with van der Waals surface area (Å²) in [7, 11) is 1.44. The van der Waals surface area contributed by atoms with Crippen LogP contribution in [0.25, 0.3) is 0 Å². The van der Waals surface area contributed by atoms with Crippen molar-refractivity contribution < 1.29 is 14.3 Å². The second kappa shape index (κ2) is 6.21. The van der Waals surface area contributed by atoms with Crippen molar-refractivity contribution in [2.24, 2.45) is 11.8 Å². The molecule has 4 nitrogen and oxygen atoms in total. The van der Waals surface area contributed by atoms with Crippen LogP contribution in [0.3, 0.4) is 0 Å². The lowest BCUT2D eigenvalue weighted by Gasteiger charge is -2.42. The molecule has 4 atom stereocenters. The predicted octanol–water partition coefficient (Wildman–Crippen LogP) is 2.42. The number of carbonyl (C=O) groups excluding carboxylic acids is 2. The average Bonchev–Trinajstić information content (AvgIpc) is 2.81. The molecule has 0 radical (unpaired) electrons. The minimum absolute atomic E-state index is 0.0495. The number of esters is 1. The van der Waals surface area contributed by atoms with Crippen molar-refractivity contribution in [1.82, 2.24) is 4.90 Å². The van der Waals surface area contributed by atoms with Gasteiger partial charge in [-0.1, -0.05) is 30.3 Å². The molecule has 0 aromatic heterocycles. The second-order valence-electron chi connectivity index (χ2n) is 6.45. The van der Waals surface area contributed by atoms with Crippen LogP contribution in [0.5, 0.6) is 0 Å². The second-order valence-corrected chi connectivity index (χ2v) is 6.45. The first kappa shape index (κ1) is 15.2. The van der Waals surface area contributed by atoms with Gasteiger partial charge in [-0.15, -0.1) is 0 Å². The number of benzene rings is 1. The van der Waals surface area contributed by atoms with Gasteiger partial charge in [0.05, 0.1) is 13.0 Å². The number of methoxy groups -OCH3 is 1. The molecule has 2 bridgehead atoms. The zero-order valence-electron chi connectivity index (χ0n) is 13.2. The molecule has 1 aromatic carbocycles. The number of hydrogen-bond donors (Lipinski definition) is 0. The molecule has 1 aromatic rings. The first-order valence-corrected chi connectivity index (χ1v) is 7.99. The molecular weight excluding hydrogens is 278 g/mol. The number of ketones is 1. The molecule has 118 valence electrons. The minimum Gasteiger partial charge on any atom is -0.469 e. The summed E-state index contributed by atoms with van der Waals surface area (Å²) in [6, 6.07) is 10.7. The Balaban J connectivity index is 1.87. The standard InChI is InChI=1S/C18H23NO3/c1-12(20)14-10-15(18(21)22-2)17-9-8-16(14)19(17)11-13-6-4-3-5-7-13/h3-7,14-17H,8-11H2,1-2H3/t14-,15+,16+,17-/m1/s1. The van der Waals surface area contributed by atoms with Crippen LogP contribution in [0.1, 0.15) is 31.7 Å². The third-order valence-electron chi connectivity index (χ3n) is 5.28. The van der Waals surface area contributed by atoms with Gasteiger partial charge in [-0.05, 0) is 31.7 Å². The van der Waals surface area contributed by atoms with E-state index in [9.17, 15) is 9.59 Å². The Bertz CT molecular complexity index is 557. The van der Waals surface area contributed by atoms with E-state index in [4.69, 9.17) is 4.74 Å². The monoisotopic (exact) mass is 301 g/mol. The Morgan fingerprint density at radius 1 is 1.14 bits per heavy atom. The molecule has 0 saturated carbocycles. The van der Waals surface area contributed by atoms with E-state index in [0.29, 0.717) is 6.42 Å². The quantitative estimate of drug-likeness (QED) is 0.801. The molecule has 0 aliphatic carbocycles. The predicted molar refractivity (Wildman–Crippen MR) is 83.1 cm³/mol. The summed E-state index contributed by atoms with van der Waals surface area (Å²) in [4.78, 5) is 26.6. The molecule has 22 heavy (non-hydrogen) atoms. The Morgan fingerprint density at radius 2 is 1.77 bits per heavy atom. The fourth-order valence-corrected chi connectivity index (χ4v) is 4.24. The maximum absolute atomic E-state index is 12.2. The molecule has 0 N–H and O–H groups in total. The van der Waals surface area contributed by atoms with Crippen LogP contribution >= 0.6 is 0 Å². The molecular formula is C18H23NO3. The molecule has 4 heteroatoms. The van der Waals surface area contributed by atoms with Crippen LogP contribution in [0.4, 0.5) is 0 Å². The van der Waals surface area contributed by atoms with Gasteiger partial charge in [0.2, 0.25) is 0 Å². The maximum atomic E-state index is 12.2. The van der Waals surface area contributed by atoms with Crippen molar-refractivity contribution in [3.8, 4) is 0 Å².